The van der Waals surface area contributed by atoms with E-state index in [0.29, 0.717) is 5.02 Å². The molecule has 0 fully saturated rings. The lowest BCUT2D eigenvalue weighted by molar-refractivity contribution is 0.793. The van der Waals surface area contributed by atoms with Gasteiger partial charge in [0.2, 0.25) is 0 Å². The third-order valence-corrected chi connectivity index (χ3v) is 3.07. The molecule has 1 heterocycles. The summed E-state index contributed by atoms with van der Waals surface area (Å²) in [6.07, 6.45) is 0. The topological polar surface area (TPSA) is 40.7 Å². The Morgan fingerprint density at radius 2 is 2.31 bits per heavy atom. The van der Waals surface area contributed by atoms with E-state index in [-0.39, 0.29) is 0 Å². The van der Waals surface area contributed by atoms with Crippen molar-refractivity contribution in [3.63, 3.8) is 0 Å². The van der Waals surface area contributed by atoms with Crippen molar-refractivity contribution in [2.24, 2.45) is 0 Å². The number of nitrogens with zero attached hydrogens (tertiary/aromatic N) is 1. The van der Waals surface area contributed by atoms with E-state index < -0.39 is 0 Å². The molecule has 0 aliphatic carbocycles. The fourth-order valence-electron chi connectivity index (χ4n) is 1.45. The Morgan fingerprint density at radius 1 is 1.50 bits per heavy atom. The van der Waals surface area contributed by atoms with Gasteiger partial charge in [-0.3, -0.25) is 0 Å². The van der Waals surface area contributed by atoms with Gasteiger partial charge in [0.15, 0.2) is 0 Å². The van der Waals surface area contributed by atoms with E-state index in [9.17, 15) is 0 Å². The minimum absolute atomic E-state index is 0.709. The molecule has 0 aliphatic rings. The highest BCUT2D eigenvalue weighted by molar-refractivity contribution is 9.10. The summed E-state index contributed by atoms with van der Waals surface area (Å²) in [6, 6.07) is 7.61. The average Bonchev–Trinajstić information content (AvgIpc) is 2.61. The van der Waals surface area contributed by atoms with Crippen LogP contribution in [0.4, 0.5) is 0 Å². The molecule has 2 N–H and O–H groups in total. The second-order valence-electron chi connectivity index (χ2n) is 3.40. The molecule has 0 radical (unpaired) electrons. The Labute approximate surface area is 107 Å². The zero-order valence-corrected chi connectivity index (χ0v) is 11.1. The van der Waals surface area contributed by atoms with Crippen molar-refractivity contribution >= 4 is 27.5 Å². The smallest absolute Gasteiger partial charge is 0.138 e. The molecule has 16 heavy (non-hydrogen) atoms. The molecule has 0 amide bonds. The van der Waals surface area contributed by atoms with Crippen LogP contribution < -0.4 is 5.32 Å². The molecule has 0 saturated heterocycles. The van der Waals surface area contributed by atoms with Gasteiger partial charge in [0.1, 0.15) is 10.4 Å². The molecule has 2 aromatic rings. The lowest BCUT2D eigenvalue weighted by Crippen LogP contribution is -2.05. The highest BCUT2D eigenvalue weighted by Crippen LogP contribution is 2.23. The van der Waals surface area contributed by atoms with Crippen molar-refractivity contribution in [2.45, 2.75) is 6.54 Å². The fraction of sp³-hybridized carbons (Fsp3) is 0.182. The van der Waals surface area contributed by atoms with Gasteiger partial charge in [0.25, 0.3) is 0 Å². The highest BCUT2D eigenvalue weighted by Gasteiger charge is 2.08. The van der Waals surface area contributed by atoms with E-state index in [1.165, 1.54) is 0 Å². The van der Waals surface area contributed by atoms with Crippen LogP contribution in [0, 0.1) is 0 Å². The zero-order valence-electron chi connectivity index (χ0n) is 8.72. The maximum atomic E-state index is 5.94. The fourth-order valence-corrected chi connectivity index (χ4v) is 2.06. The van der Waals surface area contributed by atoms with Gasteiger partial charge in [-0.15, -0.1) is 0 Å². The standard InChI is InChI=1S/C11H11BrClN3/c1-14-6-9-10(12)16-11(15-9)7-3-2-4-8(13)5-7/h2-5,14H,6H2,1H3,(H,15,16). The molecule has 0 spiro atoms. The van der Waals surface area contributed by atoms with E-state index in [2.05, 4.69) is 31.2 Å². The number of aromatic nitrogens is 2. The molecule has 1 aromatic carbocycles. The van der Waals surface area contributed by atoms with Crippen LogP contribution in [0.15, 0.2) is 28.9 Å². The Morgan fingerprint density at radius 3 is 3.00 bits per heavy atom. The number of halogens is 2. The Bertz CT molecular complexity index is 496. The molecular formula is C11H11BrClN3. The number of hydrogen-bond donors (Lipinski definition) is 2. The van der Waals surface area contributed by atoms with Gasteiger partial charge in [-0.1, -0.05) is 23.7 Å². The van der Waals surface area contributed by atoms with Crippen LogP contribution in [0.3, 0.4) is 0 Å². The maximum Gasteiger partial charge on any atom is 0.138 e. The summed E-state index contributed by atoms with van der Waals surface area (Å²) in [5.41, 5.74) is 2.01. The summed E-state index contributed by atoms with van der Waals surface area (Å²) in [6.45, 7) is 0.744. The minimum Gasteiger partial charge on any atom is -0.340 e. The number of aromatic amines is 1. The molecule has 1 aromatic heterocycles. The van der Waals surface area contributed by atoms with E-state index >= 15 is 0 Å². The lowest BCUT2D eigenvalue weighted by atomic mass is 10.2. The molecule has 0 bridgehead atoms. The third-order valence-electron chi connectivity index (χ3n) is 2.18. The Hall–Kier alpha value is -0.840. The largest absolute Gasteiger partial charge is 0.340 e. The normalized spacial score (nSPS) is 10.7. The summed E-state index contributed by atoms with van der Waals surface area (Å²) in [5, 5.41) is 3.78. The van der Waals surface area contributed by atoms with Crippen LogP contribution in [0.2, 0.25) is 5.02 Å². The summed E-state index contributed by atoms with van der Waals surface area (Å²) in [4.78, 5) is 7.65. The van der Waals surface area contributed by atoms with Crippen molar-refractivity contribution < 1.29 is 0 Å². The van der Waals surface area contributed by atoms with Gasteiger partial charge < -0.3 is 10.3 Å². The molecule has 5 heteroatoms. The highest BCUT2D eigenvalue weighted by atomic mass is 79.9. The maximum absolute atomic E-state index is 5.94. The number of rotatable bonds is 3. The van der Waals surface area contributed by atoms with Gasteiger partial charge in [-0.25, -0.2) is 4.98 Å². The van der Waals surface area contributed by atoms with Gasteiger partial charge >= 0.3 is 0 Å². The number of benzene rings is 1. The van der Waals surface area contributed by atoms with E-state index in [1.54, 1.807) is 0 Å². The molecule has 0 saturated carbocycles. The first kappa shape index (κ1) is 11.6. The Kier molecular flexibility index (Phi) is 3.63. The average molecular weight is 301 g/mol. The summed E-state index contributed by atoms with van der Waals surface area (Å²) in [5.74, 6) is 0.819. The van der Waals surface area contributed by atoms with E-state index in [1.807, 2.05) is 31.3 Å². The Balaban J connectivity index is 2.37. The first-order valence-electron chi connectivity index (χ1n) is 4.85. The molecule has 0 aliphatic heterocycles. The van der Waals surface area contributed by atoms with Crippen molar-refractivity contribution in [3.8, 4) is 11.4 Å². The van der Waals surface area contributed by atoms with Crippen molar-refractivity contribution in [1.29, 1.82) is 0 Å². The predicted molar refractivity (Wildman–Crippen MR) is 69.5 cm³/mol. The number of imidazole rings is 1. The van der Waals surface area contributed by atoms with Gasteiger partial charge in [-0.05, 0) is 35.1 Å². The van der Waals surface area contributed by atoms with Gasteiger partial charge in [-0.2, -0.15) is 0 Å². The van der Waals surface area contributed by atoms with Crippen molar-refractivity contribution in [3.05, 3.63) is 39.6 Å². The molecule has 2 rings (SSSR count). The molecule has 3 nitrogen and oxygen atoms in total. The van der Waals surface area contributed by atoms with Crippen LogP contribution in [-0.2, 0) is 6.54 Å². The number of nitrogens with one attached hydrogen (secondary N) is 2. The molecule has 84 valence electrons. The molecule has 0 atom stereocenters. The summed E-state index contributed by atoms with van der Waals surface area (Å²) in [7, 11) is 1.90. The summed E-state index contributed by atoms with van der Waals surface area (Å²) < 4.78 is 0.830. The minimum atomic E-state index is 0.709. The predicted octanol–water partition coefficient (Wildman–Crippen LogP) is 3.21. The number of H-pyrrole nitrogens is 1. The quantitative estimate of drug-likeness (QED) is 0.914. The molecule has 0 unspecified atom stereocenters. The van der Waals surface area contributed by atoms with Crippen LogP contribution in [-0.4, -0.2) is 17.0 Å². The van der Waals surface area contributed by atoms with E-state index in [4.69, 9.17) is 11.6 Å². The van der Waals surface area contributed by atoms with Crippen molar-refractivity contribution in [2.75, 3.05) is 7.05 Å². The molecular weight excluding hydrogens is 289 g/mol. The van der Waals surface area contributed by atoms with Crippen LogP contribution in [0.25, 0.3) is 11.4 Å². The first-order valence-corrected chi connectivity index (χ1v) is 6.02. The van der Waals surface area contributed by atoms with Crippen LogP contribution in [0.1, 0.15) is 5.69 Å². The lowest BCUT2D eigenvalue weighted by Gasteiger charge is -1.97. The van der Waals surface area contributed by atoms with Crippen molar-refractivity contribution in [1.82, 2.24) is 15.3 Å². The van der Waals surface area contributed by atoms with Gasteiger partial charge in [0, 0.05) is 17.1 Å². The van der Waals surface area contributed by atoms with Crippen LogP contribution in [0.5, 0.6) is 0 Å². The second kappa shape index (κ2) is 4.99. The second-order valence-corrected chi connectivity index (χ2v) is 4.58. The SMILES string of the molecule is CNCc1[nH]c(-c2cccc(Cl)c2)nc1Br. The van der Waals surface area contributed by atoms with Gasteiger partial charge in [0.05, 0.1) is 5.69 Å². The van der Waals surface area contributed by atoms with E-state index in [0.717, 1.165) is 28.2 Å². The zero-order chi connectivity index (χ0) is 11.5. The monoisotopic (exact) mass is 299 g/mol. The first-order chi connectivity index (χ1) is 7.70. The third kappa shape index (κ3) is 2.45. The van der Waals surface area contributed by atoms with Crippen LogP contribution >= 0.6 is 27.5 Å². The number of hydrogen-bond acceptors (Lipinski definition) is 2. The summed E-state index contributed by atoms with van der Waals surface area (Å²) >= 11 is 9.36.